The third-order valence-electron chi connectivity index (χ3n) is 1.62. The maximum atomic E-state index is 11.4. The van der Waals surface area contributed by atoms with Gasteiger partial charge < -0.3 is 9.47 Å². The first-order valence-corrected chi connectivity index (χ1v) is 5.49. The standard InChI is InChI=1S/C10H14O3S/c1-3-12-6-8(2)13-10(11)9-4-5-14-7-9/h4-5,7-8H,3,6H2,1-2H3/t8-/m0/s1. The smallest absolute Gasteiger partial charge is 0.339 e. The number of rotatable bonds is 5. The Labute approximate surface area is 87.7 Å². The molecule has 0 aliphatic carbocycles. The second kappa shape index (κ2) is 5.78. The van der Waals surface area contributed by atoms with E-state index in [-0.39, 0.29) is 12.1 Å². The van der Waals surface area contributed by atoms with E-state index in [1.807, 2.05) is 19.2 Å². The van der Waals surface area contributed by atoms with Gasteiger partial charge in [0.2, 0.25) is 0 Å². The van der Waals surface area contributed by atoms with Crippen molar-refractivity contribution < 1.29 is 14.3 Å². The van der Waals surface area contributed by atoms with Crippen molar-refractivity contribution in [3.63, 3.8) is 0 Å². The van der Waals surface area contributed by atoms with Gasteiger partial charge in [-0.15, -0.1) is 0 Å². The van der Waals surface area contributed by atoms with Crippen molar-refractivity contribution in [1.82, 2.24) is 0 Å². The monoisotopic (exact) mass is 214 g/mol. The minimum absolute atomic E-state index is 0.192. The van der Waals surface area contributed by atoms with Crippen LogP contribution < -0.4 is 0 Å². The molecule has 0 aromatic carbocycles. The molecule has 0 bridgehead atoms. The van der Waals surface area contributed by atoms with E-state index in [4.69, 9.17) is 9.47 Å². The molecule has 4 heteroatoms. The molecule has 0 saturated heterocycles. The second-order valence-electron chi connectivity index (χ2n) is 2.89. The molecule has 0 N–H and O–H groups in total. The predicted molar refractivity (Wildman–Crippen MR) is 55.7 cm³/mol. The summed E-state index contributed by atoms with van der Waals surface area (Å²) in [6, 6.07) is 1.75. The van der Waals surface area contributed by atoms with Crippen molar-refractivity contribution in [2.24, 2.45) is 0 Å². The lowest BCUT2D eigenvalue weighted by Gasteiger charge is -2.11. The number of thiophene rings is 1. The van der Waals surface area contributed by atoms with Crippen LogP contribution in [-0.4, -0.2) is 25.3 Å². The Bertz CT molecular complexity index is 269. The van der Waals surface area contributed by atoms with E-state index in [0.717, 1.165) is 0 Å². The summed E-state index contributed by atoms with van der Waals surface area (Å²) >= 11 is 1.48. The molecule has 0 radical (unpaired) electrons. The van der Waals surface area contributed by atoms with Gasteiger partial charge in [0.1, 0.15) is 6.10 Å². The molecule has 14 heavy (non-hydrogen) atoms. The fraction of sp³-hybridized carbons (Fsp3) is 0.500. The van der Waals surface area contributed by atoms with Crippen molar-refractivity contribution in [3.8, 4) is 0 Å². The summed E-state index contributed by atoms with van der Waals surface area (Å²) in [4.78, 5) is 11.4. The highest BCUT2D eigenvalue weighted by molar-refractivity contribution is 7.08. The number of hydrogen-bond acceptors (Lipinski definition) is 4. The van der Waals surface area contributed by atoms with Crippen molar-refractivity contribution in [2.45, 2.75) is 20.0 Å². The molecule has 0 amide bonds. The van der Waals surface area contributed by atoms with Crippen molar-refractivity contribution in [3.05, 3.63) is 22.4 Å². The molecule has 0 fully saturated rings. The molecule has 1 atom stereocenters. The van der Waals surface area contributed by atoms with E-state index in [0.29, 0.717) is 18.8 Å². The molecule has 0 spiro atoms. The largest absolute Gasteiger partial charge is 0.457 e. The summed E-state index contributed by atoms with van der Waals surface area (Å²) in [5.41, 5.74) is 0.610. The maximum Gasteiger partial charge on any atom is 0.339 e. The fourth-order valence-electron chi connectivity index (χ4n) is 0.949. The van der Waals surface area contributed by atoms with Crippen LogP contribution in [0.1, 0.15) is 24.2 Å². The molecule has 0 saturated carbocycles. The Morgan fingerprint density at radius 1 is 1.64 bits per heavy atom. The first kappa shape index (κ1) is 11.2. The normalized spacial score (nSPS) is 12.4. The van der Waals surface area contributed by atoms with Gasteiger partial charge in [0.25, 0.3) is 0 Å². The summed E-state index contributed by atoms with van der Waals surface area (Å²) in [6.07, 6.45) is -0.192. The molecule has 1 heterocycles. The van der Waals surface area contributed by atoms with Crippen LogP contribution >= 0.6 is 11.3 Å². The lowest BCUT2D eigenvalue weighted by Crippen LogP contribution is -2.20. The molecule has 3 nitrogen and oxygen atoms in total. The minimum atomic E-state index is -0.279. The van der Waals surface area contributed by atoms with Gasteiger partial charge in [0.05, 0.1) is 12.2 Å². The third kappa shape index (κ3) is 3.47. The zero-order chi connectivity index (χ0) is 10.4. The Hall–Kier alpha value is -0.870. The first-order chi connectivity index (χ1) is 6.74. The second-order valence-corrected chi connectivity index (χ2v) is 3.67. The fourth-order valence-corrected chi connectivity index (χ4v) is 1.57. The molecule has 1 aromatic rings. The zero-order valence-corrected chi connectivity index (χ0v) is 9.17. The van der Waals surface area contributed by atoms with Gasteiger partial charge >= 0.3 is 5.97 Å². The van der Waals surface area contributed by atoms with Crippen molar-refractivity contribution in [1.29, 1.82) is 0 Å². The minimum Gasteiger partial charge on any atom is -0.457 e. The molecule has 1 aromatic heterocycles. The summed E-state index contributed by atoms with van der Waals surface area (Å²) in [5.74, 6) is -0.279. The first-order valence-electron chi connectivity index (χ1n) is 4.55. The Balaban J connectivity index is 2.34. The zero-order valence-electron chi connectivity index (χ0n) is 8.36. The van der Waals surface area contributed by atoms with Gasteiger partial charge in [-0.3, -0.25) is 0 Å². The molecule has 0 unspecified atom stereocenters. The highest BCUT2D eigenvalue weighted by Crippen LogP contribution is 2.08. The Kier molecular flexibility index (Phi) is 4.62. The van der Waals surface area contributed by atoms with Gasteiger partial charge in [0, 0.05) is 12.0 Å². The Morgan fingerprint density at radius 3 is 3.00 bits per heavy atom. The lowest BCUT2D eigenvalue weighted by atomic mass is 10.3. The van der Waals surface area contributed by atoms with Gasteiger partial charge in [-0.2, -0.15) is 11.3 Å². The molecule has 0 aliphatic rings. The summed E-state index contributed by atoms with van der Waals surface area (Å²) in [7, 11) is 0. The van der Waals surface area contributed by atoms with Crippen LogP contribution in [0.3, 0.4) is 0 Å². The van der Waals surface area contributed by atoms with E-state index in [2.05, 4.69) is 0 Å². The quantitative estimate of drug-likeness (QED) is 0.706. The van der Waals surface area contributed by atoms with Crippen LogP contribution in [0.15, 0.2) is 16.8 Å². The summed E-state index contributed by atoms with van der Waals surface area (Å²) in [5, 5.41) is 3.62. The van der Waals surface area contributed by atoms with Crippen LogP contribution in [0.2, 0.25) is 0 Å². The molecule has 1 rings (SSSR count). The van der Waals surface area contributed by atoms with Gasteiger partial charge in [-0.1, -0.05) is 0 Å². The number of carbonyl (C=O) groups excluding carboxylic acids is 1. The highest BCUT2D eigenvalue weighted by Gasteiger charge is 2.11. The molecular formula is C10H14O3S. The van der Waals surface area contributed by atoms with E-state index < -0.39 is 0 Å². The summed E-state index contributed by atoms with van der Waals surface area (Å²) < 4.78 is 10.3. The average molecular weight is 214 g/mol. The van der Waals surface area contributed by atoms with E-state index in [1.165, 1.54) is 11.3 Å². The topological polar surface area (TPSA) is 35.5 Å². The van der Waals surface area contributed by atoms with E-state index >= 15 is 0 Å². The Morgan fingerprint density at radius 2 is 2.43 bits per heavy atom. The van der Waals surface area contributed by atoms with Crippen molar-refractivity contribution >= 4 is 17.3 Å². The van der Waals surface area contributed by atoms with Gasteiger partial charge in [-0.05, 0) is 25.3 Å². The SMILES string of the molecule is CCOC[C@H](C)OC(=O)c1ccsc1. The van der Waals surface area contributed by atoms with Crippen molar-refractivity contribution in [2.75, 3.05) is 13.2 Å². The van der Waals surface area contributed by atoms with E-state index in [1.54, 1.807) is 11.4 Å². The van der Waals surface area contributed by atoms with Gasteiger partial charge in [0.15, 0.2) is 0 Å². The summed E-state index contributed by atoms with van der Waals surface area (Å²) in [6.45, 7) is 4.82. The van der Waals surface area contributed by atoms with E-state index in [9.17, 15) is 4.79 Å². The molecule has 78 valence electrons. The number of esters is 1. The van der Waals surface area contributed by atoms with Crippen LogP contribution in [0.25, 0.3) is 0 Å². The van der Waals surface area contributed by atoms with Gasteiger partial charge in [-0.25, -0.2) is 4.79 Å². The number of hydrogen-bond donors (Lipinski definition) is 0. The van der Waals surface area contributed by atoms with Crippen LogP contribution in [0.5, 0.6) is 0 Å². The van der Waals surface area contributed by atoms with Crippen LogP contribution in [-0.2, 0) is 9.47 Å². The highest BCUT2D eigenvalue weighted by atomic mass is 32.1. The van der Waals surface area contributed by atoms with Crippen LogP contribution in [0.4, 0.5) is 0 Å². The number of ether oxygens (including phenoxy) is 2. The molecular weight excluding hydrogens is 200 g/mol. The number of carbonyl (C=O) groups is 1. The molecule has 0 aliphatic heterocycles. The lowest BCUT2D eigenvalue weighted by molar-refractivity contribution is 0.00444. The maximum absolute atomic E-state index is 11.4. The third-order valence-corrected chi connectivity index (χ3v) is 2.31. The average Bonchev–Trinajstić information content (AvgIpc) is 2.67. The predicted octanol–water partition coefficient (Wildman–Crippen LogP) is 2.33. The van der Waals surface area contributed by atoms with Crippen LogP contribution in [0, 0.1) is 0 Å².